The Balaban J connectivity index is 2.14. The Morgan fingerprint density at radius 3 is 2.82 bits per heavy atom. The summed E-state index contributed by atoms with van der Waals surface area (Å²) in [5.74, 6) is -0.178. The van der Waals surface area contributed by atoms with Crippen LogP contribution < -0.4 is 0 Å². The molecule has 3 aromatic rings. The second-order valence-corrected chi connectivity index (χ2v) is 3.60. The summed E-state index contributed by atoms with van der Waals surface area (Å²) in [6.45, 7) is 0. The lowest BCUT2D eigenvalue weighted by molar-refractivity contribution is 0.103. The third kappa shape index (κ3) is 1.59. The highest BCUT2D eigenvalue weighted by molar-refractivity contribution is 6.14. The molecule has 0 amide bonds. The van der Waals surface area contributed by atoms with Gasteiger partial charge in [-0.2, -0.15) is 0 Å². The van der Waals surface area contributed by atoms with E-state index in [0.29, 0.717) is 16.8 Å². The molecule has 2 aromatic heterocycles. The highest BCUT2D eigenvalue weighted by atomic mass is 16.5. The van der Waals surface area contributed by atoms with E-state index in [0.717, 1.165) is 5.39 Å². The predicted molar refractivity (Wildman–Crippen MR) is 61.7 cm³/mol. The lowest BCUT2D eigenvalue weighted by Crippen LogP contribution is -2.02. The SMILES string of the molecule is O=C(c1cccnc1)c1noc2ccccc12. The first kappa shape index (κ1) is 9.72. The minimum Gasteiger partial charge on any atom is -0.356 e. The van der Waals surface area contributed by atoms with Gasteiger partial charge >= 0.3 is 0 Å². The van der Waals surface area contributed by atoms with Crippen LogP contribution in [0.25, 0.3) is 11.0 Å². The number of hydrogen-bond donors (Lipinski definition) is 0. The van der Waals surface area contributed by atoms with Crippen LogP contribution in [-0.4, -0.2) is 15.9 Å². The smallest absolute Gasteiger partial charge is 0.217 e. The number of nitrogens with zero attached hydrogens (tertiary/aromatic N) is 2. The van der Waals surface area contributed by atoms with Gasteiger partial charge in [0.15, 0.2) is 11.3 Å². The Labute approximate surface area is 96.9 Å². The molecule has 0 spiro atoms. The quantitative estimate of drug-likeness (QED) is 0.627. The zero-order valence-corrected chi connectivity index (χ0v) is 8.83. The third-order valence-corrected chi connectivity index (χ3v) is 2.52. The molecule has 0 saturated heterocycles. The van der Waals surface area contributed by atoms with Crippen LogP contribution in [0.4, 0.5) is 0 Å². The number of hydrogen-bond acceptors (Lipinski definition) is 4. The molecule has 3 rings (SSSR count). The number of carbonyl (C=O) groups is 1. The Kier molecular flexibility index (Phi) is 2.19. The van der Waals surface area contributed by atoms with Gasteiger partial charge in [0.05, 0.1) is 5.39 Å². The van der Waals surface area contributed by atoms with E-state index < -0.39 is 0 Å². The lowest BCUT2D eigenvalue weighted by atomic mass is 10.1. The maximum absolute atomic E-state index is 12.2. The van der Waals surface area contributed by atoms with Crippen LogP contribution in [0.3, 0.4) is 0 Å². The van der Waals surface area contributed by atoms with Crippen molar-refractivity contribution in [3.8, 4) is 0 Å². The molecular weight excluding hydrogens is 216 g/mol. The number of para-hydroxylation sites is 1. The predicted octanol–water partition coefficient (Wildman–Crippen LogP) is 2.45. The van der Waals surface area contributed by atoms with E-state index in [4.69, 9.17) is 4.52 Å². The summed E-state index contributed by atoms with van der Waals surface area (Å²) >= 11 is 0. The fourth-order valence-electron chi connectivity index (χ4n) is 1.68. The standard InChI is InChI=1S/C13H8N2O2/c16-13(9-4-3-7-14-8-9)12-10-5-1-2-6-11(10)17-15-12/h1-8H. The van der Waals surface area contributed by atoms with Crippen LogP contribution >= 0.6 is 0 Å². The molecule has 0 unspecified atom stereocenters. The van der Waals surface area contributed by atoms with E-state index in [1.807, 2.05) is 18.2 Å². The van der Waals surface area contributed by atoms with Crippen LogP contribution in [0.5, 0.6) is 0 Å². The van der Waals surface area contributed by atoms with Crippen LogP contribution in [-0.2, 0) is 0 Å². The topological polar surface area (TPSA) is 56.0 Å². The number of aromatic nitrogens is 2. The van der Waals surface area contributed by atoms with Gasteiger partial charge in [0.25, 0.3) is 0 Å². The molecule has 1 aromatic carbocycles. The van der Waals surface area contributed by atoms with E-state index >= 15 is 0 Å². The molecule has 0 aliphatic heterocycles. The second kappa shape index (κ2) is 3.83. The highest BCUT2D eigenvalue weighted by Gasteiger charge is 2.17. The fraction of sp³-hybridized carbons (Fsp3) is 0. The Morgan fingerprint density at radius 2 is 2.00 bits per heavy atom. The first-order valence-corrected chi connectivity index (χ1v) is 5.15. The molecule has 0 radical (unpaired) electrons. The van der Waals surface area contributed by atoms with Gasteiger partial charge < -0.3 is 4.52 Å². The summed E-state index contributed by atoms with van der Waals surface area (Å²) in [4.78, 5) is 16.1. The van der Waals surface area contributed by atoms with Crippen LogP contribution in [0, 0.1) is 0 Å². The molecule has 4 heteroatoms. The first-order valence-electron chi connectivity index (χ1n) is 5.15. The highest BCUT2D eigenvalue weighted by Crippen LogP contribution is 2.20. The van der Waals surface area contributed by atoms with E-state index in [1.165, 1.54) is 6.20 Å². The minimum atomic E-state index is -0.178. The second-order valence-electron chi connectivity index (χ2n) is 3.60. The zero-order valence-electron chi connectivity index (χ0n) is 8.83. The van der Waals surface area contributed by atoms with Gasteiger partial charge in [-0.15, -0.1) is 0 Å². The molecule has 0 aliphatic carbocycles. The summed E-state index contributed by atoms with van der Waals surface area (Å²) in [5, 5.41) is 4.54. The van der Waals surface area contributed by atoms with Gasteiger partial charge in [0, 0.05) is 18.0 Å². The molecule has 0 N–H and O–H groups in total. The maximum Gasteiger partial charge on any atom is 0.217 e. The summed E-state index contributed by atoms with van der Waals surface area (Å²) in [6.07, 6.45) is 3.14. The van der Waals surface area contributed by atoms with E-state index in [2.05, 4.69) is 10.1 Å². The number of ketones is 1. The van der Waals surface area contributed by atoms with Crippen molar-refractivity contribution in [2.45, 2.75) is 0 Å². The molecular formula is C13H8N2O2. The third-order valence-electron chi connectivity index (χ3n) is 2.52. The summed E-state index contributed by atoms with van der Waals surface area (Å²) < 4.78 is 5.10. The molecule has 0 atom stereocenters. The van der Waals surface area contributed by atoms with Gasteiger partial charge in [-0.25, -0.2) is 0 Å². The van der Waals surface area contributed by atoms with Gasteiger partial charge in [-0.3, -0.25) is 9.78 Å². The summed E-state index contributed by atoms with van der Waals surface area (Å²) in [5.41, 5.74) is 1.44. The van der Waals surface area contributed by atoms with Crippen molar-refractivity contribution in [2.24, 2.45) is 0 Å². The summed E-state index contributed by atoms with van der Waals surface area (Å²) in [6, 6.07) is 10.7. The zero-order chi connectivity index (χ0) is 11.7. The van der Waals surface area contributed by atoms with Gasteiger partial charge in [0.2, 0.25) is 5.78 Å². The fourth-order valence-corrected chi connectivity index (χ4v) is 1.68. The Bertz CT molecular complexity index is 674. The lowest BCUT2D eigenvalue weighted by Gasteiger charge is -1.95. The first-order chi connectivity index (χ1) is 8.36. The average molecular weight is 224 g/mol. The van der Waals surface area contributed by atoms with Gasteiger partial charge in [-0.1, -0.05) is 17.3 Å². The van der Waals surface area contributed by atoms with Crippen molar-refractivity contribution in [3.63, 3.8) is 0 Å². The monoisotopic (exact) mass is 224 g/mol. The molecule has 0 aliphatic rings. The number of pyridine rings is 1. The summed E-state index contributed by atoms with van der Waals surface area (Å²) in [7, 11) is 0. The number of benzene rings is 1. The maximum atomic E-state index is 12.2. The van der Waals surface area contributed by atoms with Crippen molar-refractivity contribution in [1.29, 1.82) is 0 Å². The molecule has 4 nitrogen and oxygen atoms in total. The largest absolute Gasteiger partial charge is 0.356 e. The van der Waals surface area contributed by atoms with Crippen molar-refractivity contribution in [2.75, 3.05) is 0 Å². The number of carbonyl (C=O) groups excluding carboxylic acids is 1. The number of fused-ring (bicyclic) bond motifs is 1. The molecule has 0 fully saturated rings. The van der Waals surface area contributed by atoms with E-state index in [-0.39, 0.29) is 5.78 Å². The molecule has 82 valence electrons. The van der Waals surface area contributed by atoms with Crippen LogP contribution in [0.1, 0.15) is 16.1 Å². The van der Waals surface area contributed by atoms with Gasteiger partial charge in [0.1, 0.15) is 0 Å². The normalized spacial score (nSPS) is 10.6. The molecule has 17 heavy (non-hydrogen) atoms. The Morgan fingerprint density at radius 1 is 1.12 bits per heavy atom. The van der Waals surface area contributed by atoms with Gasteiger partial charge in [-0.05, 0) is 24.3 Å². The van der Waals surface area contributed by atoms with Crippen molar-refractivity contribution in [1.82, 2.24) is 10.1 Å². The average Bonchev–Trinajstić information content (AvgIpc) is 2.83. The minimum absolute atomic E-state index is 0.178. The molecule has 0 saturated carbocycles. The van der Waals surface area contributed by atoms with Crippen LogP contribution in [0.15, 0.2) is 53.3 Å². The van der Waals surface area contributed by atoms with E-state index in [9.17, 15) is 4.79 Å². The molecule has 2 heterocycles. The van der Waals surface area contributed by atoms with Crippen molar-refractivity contribution in [3.05, 3.63) is 60.0 Å². The molecule has 0 bridgehead atoms. The Hall–Kier alpha value is -2.49. The number of rotatable bonds is 2. The van der Waals surface area contributed by atoms with Crippen molar-refractivity contribution < 1.29 is 9.32 Å². The van der Waals surface area contributed by atoms with Crippen LogP contribution in [0.2, 0.25) is 0 Å². The van der Waals surface area contributed by atoms with E-state index in [1.54, 1.807) is 24.4 Å². The van der Waals surface area contributed by atoms with Crippen molar-refractivity contribution >= 4 is 16.8 Å².